The molecule has 0 N–H and O–H groups in total. The Kier molecular flexibility index (Phi) is 9.45. The van der Waals surface area contributed by atoms with Crippen LogP contribution >= 0.6 is 0 Å². The molecule has 2 nitrogen and oxygen atoms in total. The van der Waals surface area contributed by atoms with Crippen LogP contribution in [0.15, 0.2) is 200 Å². The standard InChI is InChI=1S/C59H50N2/c1-58(2,3)44-29-33-48(34-30-44)61(57-39-43-16-12-13-21-50(43)51-22-14-15-23-54(51)57)47-31-26-41(27-32-47)24-25-42-28-36-52-53-37-35-49(40-56(53)59(4,5)55(52)38-42)60(45-17-8-6-9-18-45)46-19-10-7-11-20-46/h6-40H,1-5H3. The third kappa shape index (κ3) is 6.98. The molecule has 0 unspecified atom stereocenters. The summed E-state index contributed by atoms with van der Waals surface area (Å²) in [6.07, 6.45) is 4.50. The van der Waals surface area contributed by atoms with Gasteiger partial charge in [0.25, 0.3) is 0 Å². The monoisotopic (exact) mass is 786 g/mol. The fourth-order valence-electron chi connectivity index (χ4n) is 9.27. The van der Waals surface area contributed by atoms with Crippen LogP contribution in [-0.2, 0) is 10.8 Å². The Labute approximate surface area is 360 Å². The number of hydrogen-bond donors (Lipinski definition) is 0. The summed E-state index contributed by atoms with van der Waals surface area (Å²) < 4.78 is 0. The Bertz CT molecular complexity index is 3020. The van der Waals surface area contributed by atoms with Gasteiger partial charge in [-0.25, -0.2) is 0 Å². The van der Waals surface area contributed by atoms with Crippen molar-refractivity contribution in [2.45, 2.75) is 45.4 Å². The highest BCUT2D eigenvalue weighted by Crippen LogP contribution is 2.51. The van der Waals surface area contributed by atoms with E-state index in [2.05, 4.69) is 257 Å². The highest BCUT2D eigenvalue weighted by Gasteiger charge is 2.36. The average molecular weight is 787 g/mol. The van der Waals surface area contributed by atoms with Crippen LogP contribution in [0.25, 0.3) is 44.8 Å². The summed E-state index contributed by atoms with van der Waals surface area (Å²) in [4.78, 5) is 4.77. The van der Waals surface area contributed by atoms with Crippen molar-refractivity contribution >= 4 is 67.8 Å². The Morgan fingerprint density at radius 2 is 0.869 bits per heavy atom. The number of anilines is 6. The molecule has 1 aliphatic carbocycles. The van der Waals surface area contributed by atoms with Gasteiger partial charge in [0.05, 0.1) is 5.69 Å². The first-order valence-electron chi connectivity index (χ1n) is 21.4. The number of rotatable bonds is 8. The van der Waals surface area contributed by atoms with E-state index >= 15 is 0 Å². The summed E-state index contributed by atoms with van der Waals surface area (Å²) in [5.41, 5.74) is 15.8. The van der Waals surface area contributed by atoms with Crippen LogP contribution in [0.2, 0.25) is 0 Å². The molecule has 0 radical (unpaired) electrons. The molecule has 61 heavy (non-hydrogen) atoms. The van der Waals surface area contributed by atoms with Crippen molar-refractivity contribution in [3.05, 3.63) is 228 Å². The van der Waals surface area contributed by atoms with Crippen molar-refractivity contribution in [2.24, 2.45) is 0 Å². The molecule has 0 bridgehead atoms. The summed E-state index contributed by atoms with van der Waals surface area (Å²) >= 11 is 0. The molecule has 9 aromatic rings. The van der Waals surface area contributed by atoms with Gasteiger partial charge in [0.15, 0.2) is 0 Å². The Morgan fingerprint density at radius 1 is 0.393 bits per heavy atom. The van der Waals surface area contributed by atoms with Gasteiger partial charge < -0.3 is 9.80 Å². The molecule has 0 aliphatic heterocycles. The third-order valence-corrected chi connectivity index (χ3v) is 12.6. The van der Waals surface area contributed by atoms with E-state index in [-0.39, 0.29) is 10.8 Å². The van der Waals surface area contributed by atoms with Gasteiger partial charge in [0.2, 0.25) is 0 Å². The molecule has 0 aromatic heterocycles. The Balaban J connectivity index is 0.970. The molecule has 296 valence electrons. The quantitative estimate of drug-likeness (QED) is 0.112. The number of benzene rings is 9. The Morgan fingerprint density at radius 3 is 1.51 bits per heavy atom. The molecule has 0 amide bonds. The van der Waals surface area contributed by atoms with Gasteiger partial charge in [0.1, 0.15) is 0 Å². The fourth-order valence-corrected chi connectivity index (χ4v) is 9.27. The molecular formula is C59H50N2. The number of hydrogen-bond acceptors (Lipinski definition) is 2. The lowest BCUT2D eigenvalue weighted by Crippen LogP contribution is -2.16. The van der Waals surface area contributed by atoms with E-state index in [1.54, 1.807) is 0 Å². The molecule has 1 aliphatic rings. The van der Waals surface area contributed by atoms with E-state index in [0.29, 0.717) is 0 Å². The van der Waals surface area contributed by atoms with Gasteiger partial charge in [-0.3, -0.25) is 0 Å². The summed E-state index contributed by atoms with van der Waals surface area (Å²) in [6, 6.07) is 73.2. The van der Waals surface area contributed by atoms with Crippen LogP contribution in [0, 0.1) is 0 Å². The van der Waals surface area contributed by atoms with Crippen molar-refractivity contribution in [2.75, 3.05) is 9.80 Å². The van der Waals surface area contributed by atoms with E-state index in [4.69, 9.17) is 0 Å². The normalized spacial score (nSPS) is 13.1. The van der Waals surface area contributed by atoms with Crippen LogP contribution in [-0.4, -0.2) is 0 Å². The second kappa shape index (κ2) is 15.1. The van der Waals surface area contributed by atoms with Crippen molar-refractivity contribution in [3.63, 3.8) is 0 Å². The van der Waals surface area contributed by atoms with Crippen LogP contribution < -0.4 is 9.80 Å². The molecule has 0 heterocycles. The van der Waals surface area contributed by atoms with Gasteiger partial charge >= 0.3 is 0 Å². The zero-order chi connectivity index (χ0) is 41.7. The van der Waals surface area contributed by atoms with Crippen LogP contribution in [0.4, 0.5) is 34.1 Å². The van der Waals surface area contributed by atoms with Gasteiger partial charge in [-0.15, -0.1) is 0 Å². The van der Waals surface area contributed by atoms with Gasteiger partial charge in [0, 0.05) is 39.2 Å². The van der Waals surface area contributed by atoms with E-state index in [1.165, 1.54) is 60.6 Å². The summed E-state index contributed by atoms with van der Waals surface area (Å²) in [5, 5.41) is 4.99. The van der Waals surface area contributed by atoms with E-state index in [1.807, 2.05) is 0 Å². The van der Waals surface area contributed by atoms with Crippen molar-refractivity contribution < 1.29 is 0 Å². The third-order valence-electron chi connectivity index (χ3n) is 12.6. The van der Waals surface area contributed by atoms with Crippen molar-refractivity contribution in [1.82, 2.24) is 0 Å². The number of para-hydroxylation sites is 2. The lowest BCUT2D eigenvalue weighted by atomic mass is 9.81. The largest absolute Gasteiger partial charge is 0.310 e. The molecule has 2 heteroatoms. The maximum atomic E-state index is 2.42. The molecule has 0 saturated carbocycles. The molecule has 10 rings (SSSR count). The maximum absolute atomic E-state index is 2.42. The van der Waals surface area contributed by atoms with E-state index in [0.717, 1.165) is 34.0 Å². The maximum Gasteiger partial charge on any atom is 0.0546 e. The van der Waals surface area contributed by atoms with Crippen LogP contribution in [0.3, 0.4) is 0 Å². The summed E-state index contributed by atoms with van der Waals surface area (Å²) in [5.74, 6) is 0. The second-order valence-electron chi connectivity index (χ2n) is 17.9. The van der Waals surface area contributed by atoms with Crippen LogP contribution in [0.5, 0.6) is 0 Å². The van der Waals surface area contributed by atoms with Crippen LogP contribution in [0.1, 0.15) is 62.4 Å². The fraction of sp³-hybridized carbons (Fsp3) is 0.119. The SMILES string of the molecule is CC(C)(C)c1ccc(N(c2ccc(C=Cc3ccc4c(c3)C(C)(C)c3cc(N(c5ccccc5)c5ccccc5)ccc3-4)cc2)c2cc3ccccc3c3ccccc23)cc1. The predicted molar refractivity (Wildman–Crippen MR) is 262 cm³/mol. The lowest BCUT2D eigenvalue weighted by molar-refractivity contribution is 0.590. The van der Waals surface area contributed by atoms with E-state index < -0.39 is 0 Å². The molecule has 0 fully saturated rings. The summed E-state index contributed by atoms with van der Waals surface area (Å²) in [7, 11) is 0. The van der Waals surface area contributed by atoms with Gasteiger partial charge in [-0.05, 0) is 127 Å². The molecule has 9 aromatic carbocycles. The van der Waals surface area contributed by atoms with Gasteiger partial charge in [-0.1, -0.05) is 180 Å². The zero-order valence-electron chi connectivity index (χ0n) is 35.6. The van der Waals surface area contributed by atoms with E-state index in [9.17, 15) is 0 Å². The minimum absolute atomic E-state index is 0.0715. The first-order valence-corrected chi connectivity index (χ1v) is 21.4. The average Bonchev–Trinajstić information content (AvgIpc) is 3.51. The highest BCUT2D eigenvalue weighted by atomic mass is 15.1. The number of nitrogens with zero attached hydrogens (tertiary/aromatic N) is 2. The predicted octanol–water partition coefficient (Wildman–Crippen LogP) is 16.7. The highest BCUT2D eigenvalue weighted by molar-refractivity contribution is 6.14. The topological polar surface area (TPSA) is 6.48 Å². The molecule has 0 spiro atoms. The molecule has 0 atom stereocenters. The smallest absolute Gasteiger partial charge is 0.0546 e. The van der Waals surface area contributed by atoms with Gasteiger partial charge in [-0.2, -0.15) is 0 Å². The Hall–Kier alpha value is -7.16. The molecular weight excluding hydrogens is 737 g/mol. The number of fused-ring (bicyclic) bond motifs is 6. The first kappa shape index (κ1) is 38.1. The zero-order valence-corrected chi connectivity index (χ0v) is 35.6. The second-order valence-corrected chi connectivity index (χ2v) is 17.9. The van der Waals surface area contributed by atoms with Crippen molar-refractivity contribution in [1.29, 1.82) is 0 Å². The lowest BCUT2D eigenvalue weighted by Gasteiger charge is -2.28. The minimum Gasteiger partial charge on any atom is -0.310 e. The molecule has 0 saturated heterocycles. The first-order chi connectivity index (χ1) is 29.6. The minimum atomic E-state index is -0.160. The van der Waals surface area contributed by atoms with Crippen molar-refractivity contribution in [3.8, 4) is 11.1 Å². The summed E-state index contributed by atoms with van der Waals surface area (Å²) in [6.45, 7) is 11.5.